The summed E-state index contributed by atoms with van der Waals surface area (Å²) in [7, 11) is 3.18. The molecular weight excluding hydrogens is 445 g/mol. The number of hydrogen-bond donors (Lipinski definition) is 2. The van der Waals surface area contributed by atoms with Gasteiger partial charge in [-0.25, -0.2) is 4.39 Å². The molecule has 2 N–H and O–H groups in total. The number of rotatable bonds is 10. The summed E-state index contributed by atoms with van der Waals surface area (Å²) in [5.41, 5.74) is 1.68. The van der Waals surface area contributed by atoms with E-state index in [-0.39, 0.29) is 5.69 Å². The van der Waals surface area contributed by atoms with Crippen LogP contribution in [0.4, 0.5) is 10.1 Å². The van der Waals surface area contributed by atoms with Gasteiger partial charge in [-0.15, -0.1) is 11.3 Å². The lowest BCUT2D eigenvalue weighted by molar-refractivity contribution is -0.115. The highest BCUT2D eigenvalue weighted by molar-refractivity contribution is 7.98. The Kier molecular flexibility index (Phi) is 10.1. The Labute approximate surface area is 198 Å². The van der Waals surface area contributed by atoms with Crippen LogP contribution in [0.1, 0.15) is 43.6 Å². The van der Waals surface area contributed by atoms with E-state index >= 15 is 0 Å². The van der Waals surface area contributed by atoms with Crippen molar-refractivity contribution in [3.63, 3.8) is 0 Å². The van der Waals surface area contributed by atoms with Crippen LogP contribution in [0, 0.1) is 12.7 Å². The quantitative estimate of drug-likeness (QED) is 0.184. The standard InChI is InChI=1S/C22H26FN3O2S2.C2H6/c1-5-18(28-4)21(25-30-20-12-15(20)19-7-6-10-29-19)22(26(3)13-27)24-17-9-8-14(2)11-16(17)23;1-2/h5-11,13,15,20,24-25H,12H2,1-4H3;1-2H3/b18-5+,22-21+;. The molecule has 1 aromatic carbocycles. The van der Waals surface area contributed by atoms with E-state index in [1.807, 2.05) is 33.8 Å². The van der Waals surface area contributed by atoms with E-state index in [1.165, 1.54) is 15.8 Å². The van der Waals surface area contributed by atoms with Gasteiger partial charge in [0.2, 0.25) is 6.41 Å². The smallest absolute Gasteiger partial charge is 0.215 e. The lowest BCUT2D eigenvalue weighted by Gasteiger charge is -2.24. The summed E-state index contributed by atoms with van der Waals surface area (Å²) in [4.78, 5) is 14.3. The molecule has 3 rings (SSSR count). The SMILES string of the molecule is C/C=C(OC)\C(NSC1CC1c1cccs1)=C(\Nc1ccc(C)cc1F)N(C)C=O.CC. The Bertz CT molecular complexity index is 945. The molecule has 1 fully saturated rings. The third kappa shape index (κ3) is 6.53. The van der Waals surface area contributed by atoms with E-state index in [0.717, 1.165) is 12.0 Å². The number of carbonyl (C=O) groups is 1. The molecule has 2 aromatic rings. The number of hydrogen-bond acceptors (Lipinski definition) is 6. The predicted molar refractivity (Wildman–Crippen MR) is 134 cm³/mol. The number of anilines is 1. The van der Waals surface area contributed by atoms with Crippen LogP contribution in [0.25, 0.3) is 0 Å². The number of thiophene rings is 1. The van der Waals surface area contributed by atoms with Crippen LogP contribution < -0.4 is 10.0 Å². The Hall–Kier alpha value is -2.45. The highest BCUT2D eigenvalue weighted by Gasteiger charge is 2.40. The van der Waals surface area contributed by atoms with Gasteiger partial charge in [0.25, 0.3) is 0 Å². The van der Waals surface area contributed by atoms with Crippen LogP contribution in [0.2, 0.25) is 0 Å². The summed E-state index contributed by atoms with van der Waals surface area (Å²) in [6, 6.07) is 9.15. The van der Waals surface area contributed by atoms with Crippen LogP contribution in [-0.2, 0) is 9.53 Å². The van der Waals surface area contributed by atoms with Gasteiger partial charge in [-0.1, -0.05) is 26.0 Å². The molecule has 2 unspecified atom stereocenters. The number of amides is 1. The van der Waals surface area contributed by atoms with Crippen molar-refractivity contribution >= 4 is 35.4 Å². The highest BCUT2D eigenvalue weighted by Crippen LogP contribution is 2.50. The molecule has 5 nitrogen and oxygen atoms in total. The fourth-order valence-corrected chi connectivity index (χ4v) is 5.12. The van der Waals surface area contributed by atoms with Crippen molar-refractivity contribution in [2.45, 2.75) is 45.3 Å². The van der Waals surface area contributed by atoms with Crippen LogP contribution in [0.15, 0.2) is 59.1 Å². The van der Waals surface area contributed by atoms with Gasteiger partial charge >= 0.3 is 0 Å². The van der Waals surface area contributed by atoms with Gasteiger partial charge in [-0.2, -0.15) is 0 Å². The molecule has 2 atom stereocenters. The first-order chi connectivity index (χ1) is 15.5. The molecule has 1 aromatic heterocycles. The molecule has 1 heterocycles. The normalized spacial score (nSPS) is 18.0. The number of nitrogens with zero attached hydrogens (tertiary/aromatic N) is 1. The summed E-state index contributed by atoms with van der Waals surface area (Å²) < 4.78 is 23.4. The van der Waals surface area contributed by atoms with Gasteiger partial charge in [-0.05, 0) is 67.4 Å². The topological polar surface area (TPSA) is 53.6 Å². The second kappa shape index (κ2) is 12.6. The van der Waals surface area contributed by atoms with Crippen molar-refractivity contribution in [3.05, 3.63) is 75.3 Å². The second-order valence-electron chi connectivity index (χ2n) is 7.02. The fraction of sp³-hybridized carbons (Fsp3) is 0.375. The molecule has 0 bridgehead atoms. The number of carbonyl (C=O) groups excluding carboxylic acids is 1. The monoisotopic (exact) mass is 477 g/mol. The van der Waals surface area contributed by atoms with E-state index in [1.54, 1.807) is 49.6 Å². The van der Waals surface area contributed by atoms with Crippen molar-refractivity contribution in [2.75, 3.05) is 19.5 Å². The Balaban J connectivity index is 0.00000176. The number of aryl methyl sites for hydroxylation is 1. The van der Waals surface area contributed by atoms with E-state index in [9.17, 15) is 9.18 Å². The molecule has 0 saturated heterocycles. The number of methoxy groups -OCH3 is 1. The summed E-state index contributed by atoms with van der Waals surface area (Å²) in [6.07, 6.45) is 3.57. The number of benzene rings is 1. The summed E-state index contributed by atoms with van der Waals surface area (Å²) in [5.74, 6) is 1.09. The largest absolute Gasteiger partial charge is 0.495 e. The number of nitrogens with one attached hydrogen (secondary N) is 2. The first-order valence-electron chi connectivity index (χ1n) is 10.6. The number of ether oxygens (including phenoxy) is 1. The molecule has 0 aliphatic heterocycles. The molecule has 1 aliphatic carbocycles. The van der Waals surface area contributed by atoms with Crippen LogP contribution in [0.3, 0.4) is 0 Å². The van der Waals surface area contributed by atoms with Crippen molar-refractivity contribution < 1.29 is 13.9 Å². The van der Waals surface area contributed by atoms with Crippen LogP contribution in [0.5, 0.6) is 0 Å². The Morgan fingerprint density at radius 2 is 2.09 bits per heavy atom. The molecular formula is C24H32FN3O2S2. The summed E-state index contributed by atoms with van der Waals surface area (Å²) >= 11 is 3.36. The number of halogens is 1. The minimum Gasteiger partial charge on any atom is -0.495 e. The maximum Gasteiger partial charge on any atom is 0.215 e. The number of allylic oxidation sites excluding steroid dienone is 1. The zero-order valence-electron chi connectivity index (χ0n) is 19.4. The maximum absolute atomic E-state index is 14.5. The highest BCUT2D eigenvalue weighted by atomic mass is 32.2. The average molecular weight is 478 g/mol. The minimum atomic E-state index is -0.391. The first-order valence-corrected chi connectivity index (χ1v) is 12.4. The Morgan fingerprint density at radius 3 is 2.66 bits per heavy atom. The molecule has 0 spiro atoms. The van der Waals surface area contributed by atoms with E-state index in [0.29, 0.717) is 34.9 Å². The average Bonchev–Trinajstić information content (AvgIpc) is 3.37. The maximum atomic E-state index is 14.5. The van der Waals surface area contributed by atoms with Crippen molar-refractivity contribution in [2.24, 2.45) is 0 Å². The zero-order chi connectivity index (χ0) is 23.7. The predicted octanol–water partition coefficient (Wildman–Crippen LogP) is 6.24. The van der Waals surface area contributed by atoms with Gasteiger partial charge in [0.1, 0.15) is 23.1 Å². The van der Waals surface area contributed by atoms with Gasteiger partial charge in [0.05, 0.1) is 12.8 Å². The van der Waals surface area contributed by atoms with E-state index < -0.39 is 5.82 Å². The molecule has 1 saturated carbocycles. The van der Waals surface area contributed by atoms with Crippen molar-refractivity contribution in [1.29, 1.82) is 0 Å². The molecule has 32 heavy (non-hydrogen) atoms. The van der Waals surface area contributed by atoms with Gasteiger partial charge < -0.3 is 19.7 Å². The van der Waals surface area contributed by atoms with E-state index in [4.69, 9.17) is 4.74 Å². The minimum absolute atomic E-state index is 0.281. The van der Waals surface area contributed by atoms with E-state index in [2.05, 4.69) is 27.6 Å². The second-order valence-corrected chi connectivity index (χ2v) is 9.05. The molecule has 1 aliphatic rings. The lowest BCUT2D eigenvalue weighted by Crippen LogP contribution is -2.28. The first kappa shape index (κ1) is 25.8. The fourth-order valence-electron chi connectivity index (χ4n) is 3.05. The van der Waals surface area contributed by atoms with Crippen molar-refractivity contribution in [1.82, 2.24) is 9.62 Å². The van der Waals surface area contributed by atoms with Gasteiger partial charge in [-0.3, -0.25) is 4.79 Å². The molecule has 8 heteroatoms. The van der Waals surface area contributed by atoms with Crippen LogP contribution >= 0.6 is 23.3 Å². The zero-order valence-corrected chi connectivity index (χ0v) is 21.1. The van der Waals surface area contributed by atoms with Gasteiger partial charge in [0.15, 0.2) is 0 Å². The molecule has 0 radical (unpaired) electrons. The Morgan fingerprint density at radius 1 is 1.34 bits per heavy atom. The summed E-state index contributed by atoms with van der Waals surface area (Å²) in [6.45, 7) is 7.68. The van der Waals surface area contributed by atoms with Gasteiger partial charge in [0, 0.05) is 23.1 Å². The molecule has 174 valence electrons. The third-order valence-corrected chi connectivity index (χ3v) is 6.96. The molecule has 1 amide bonds. The lowest BCUT2D eigenvalue weighted by atomic mass is 10.2. The van der Waals surface area contributed by atoms with Crippen LogP contribution in [-0.4, -0.2) is 30.7 Å². The summed E-state index contributed by atoms with van der Waals surface area (Å²) in [5, 5.41) is 5.58. The third-order valence-electron chi connectivity index (χ3n) is 4.81. The van der Waals surface area contributed by atoms with Crippen molar-refractivity contribution in [3.8, 4) is 0 Å².